The fourth-order valence-electron chi connectivity index (χ4n) is 2.46. The van der Waals surface area contributed by atoms with E-state index in [4.69, 9.17) is 16.3 Å². The average molecular weight is 262 g/mol. The number of pyridine rings is 1. The Morgan fingerprint density at radius 3 is 2.83 bits per heavy atom. The van der Waals surface area contributed by atoms with Crippen molar-refractivity contribution in [3.05, 3.63) is 41.0 Å². The van der Waals surface area contributed by atoms with E-state index in [0.29, 0.717) is 5.02 Å². The van der Waals surface area contributed by atoms with Crippen molar-refractivity contribution in [2.24, 2.45) is 0 Å². The normalized spacial score (nSPS) is 16.6. The van der Waals surface area contributed by atoms with Crippen LogP contribution in [0.4, 0.5) is 0 Å². The highest BCUT2D eigenvalue weighted by molar-refractivity contribution is 6.35. The second-order valence-corrected chi connectivity index (χ2v) is 4.98. The van der Waals surface area contributed by atoms with E-state index in [-0.39, 0.29) is 5.97 Å². The molecule has 92 valence electrons. The molecule has 1 fully saturated rings. The van der Waals surface area contributed by atoms with Gasteiger partial charge in [0.1, 0.15) is 0 Å². The Hall–Kier alpha value is -1.61. The number of methoxy groups -OCH3 is 1. The zero-order valence-electron chi connectivity index (χ0n) is 9.94. The van der Waals surface area contributed by atoms with Crippen molar-refractivity contribution in [1.29, 1.82) is 0 Å². The van der Waals surface area contributed by atoms with E-state index in [1.165, 1.54) is 7.11 Å². The van der Waals surface area contributed by atoms with Crippen LogP contribution in [0.1, 0.15) is 18.4 Å². The fraction of sp³-hybridized carbons (Fsp3) is 0.286. The molecule has 3 rings (SSSR count). The average Bonchev–Trinajstić information content (AvgIpc) is 3.19. The van der Waals surface area contributed by atoms with Crippen LogP contribution in [0.5, 0.6) is 0 Å². The zero-order chi connectivity index (χ0) is 12.8. The van der Waals surface area contributed by atoms with Gasteiger partial charge >= 0.3 is 5.97 Å². The first kappa shape index (κ1) is 11.5. The number of aromatic nitrogens is 1. The van der Waals surface area contributed by atoms with Crippen LogP contribution in [0.3, 0.4) is 0 Å². The van der Waals surface area contributed by atoms with Crippen molar-refractivity contribution in [2.75, 3.05) is 7.11 Å². The molecular weight excluding hydrogens is 250 g/mol. The van der Waals surface area contributed by atoms with Gasteiger partial charge in [0.2, 0.25) is 0 Å². The molecule has 0 amide bonds. The minimum atomic E-state index is -0.485. The number of esters is 1. The second kappa shape index (κ2) is 3.95. The van der Waals surface area contributed by atoms with Crippen molar-refractivity contribution in [3.8, 4) is 0 Å². The number of nitrogens with zero attached hydrogens (tertiary/aromatic N) is 1. The largest absolute Gasteiger partial charge is 0.468 e. The summed E-state index contributed by atoms with van der Waals surface area (Å²) < 4.78 is 4.92. The van der Waals surface area contributed by atoms with Gasteiger partial charge in [0.25, 0.3) is 0 Å². The molecule has 2 aromatic rings. The zero-order valence-corrected chi connectivity index (χ0v) is 10.7. The summed E-state index contributed by atoms with van der Waals surface area (Å²) in [7, 11) is 1.43. The maximum absolute atomic E-state index is 11.9. The van der Waals surface area contributed by atoms with Crippen LogP contribution < -0.4 is 0 Å². The monoisotopic (exact) mass is 261 g/mol. The molecule has 1 aromatic heterocycles. The minimum Gasteiger partial charge on any atom is -0.468 e. The molecule has 1 aliphatic rings. The smallest absolute Gasteiger partial charge is 0.316 e. The number of benzene rings is 1. The van der Waals surface area contributed by atoms with Crippen molar-refractivity contribution < 1.29 is 9.53 Å². The Morgan fingerprint density at radius 1 is 1.39 bits per heavy atom. The summed E-state index contributed by atoms with van der Waals surface area (Å²) in [6.45, 7) is 0. The van der Waals surface area contributed by atoms with E-state index < -0.39 is 5.41 Å². The topological polar surface area (TPSA) is 39.2 Å². The van der Waals surface area contributed by atoms with Crippen LogP contribution in [-0.4, -0.2) is 18.1 Å². The van der Waals surface area contributed by atoms with E-state index in [1.54, 1.807) is 12.3 Å². The highest BCUT2D eigenvalue weighted by Gasteiger charge is 2.53. The molecule has 0 N–H and O–H groups in total. The molecule has 0 atom stereocenters. The summed E-state index contributed by atoms with van der Waals surface area (Å²) in [4.78, 5) is 16.2. The highest BCUT2D eigenvalue weighted by atomic mass is 35.5. The number of hydrogen-bond donors (Lipinski definition) is 0. The molecule has 4 heteroatoms. The molecule has 0 saturated heterocycles. The molecule has 1 aliphatic carbocycles. The molecule has 3 nitrogen and oxygen atoms in total. The SMILES string of the molecule is COC(=O)C1(c2ccnc3c(Cl)cccc23)CC1. The van der Waals surface area contributed by atoms with Crippen molar-refractivity contribution in [3.63, 3.8) is 0 Å². The third kappa shape index (κ3) is 1.51. The van der Waals surface area contributed by atoms with Crippen LogP contribution in [0.2, 0.25) is 5.02 Å². The van der Waals surface area contributed by atoms with Crippen LogP contribution in [-0.2, 0) is 14.9 Å². The lowest BCUT2D eigenvalue weighted by atomic mass is 9.93. The number of ether oxygens (including phenoxy) is 1. The van der Waals surface area contributed by atoms with Gasteiger partial charge in [0, 0.05) is 11.6 Å². The molecule has 0 spiro atoms. The van der Waals surface area contributed by atoms with Crippen molar-refractivity contribution in [1.82, 2.24) is 4.98 Å². The molecule has 18 heavy (non-hydrogen) atoms. The van der Waals surface area contributed by atoms with E-state index in [9.17, 15) is 4.79 Å². The Balaban J connectivity index is 2.25. The Kier molecular flexibility index (Phi) is 2.52. The summed E-state index contributed by atoms with van der Waals surface area (Å²) in [5.74, 6) is -0.171. The Bertz CT molecular complexity index is 635. The molecule has 1 aromatic carbocycles. The van der Waals surface area contributed by atoms with Crippen LogP contribution in [0, 0.1) is 0 Å². The molecule has 1 saturated carbocycles. The predicted molar refractivity (Wildman–Crippen MR) is 69.7 cm³/mol. The fourth-order valence-corrected chi connectivity index (χ4v) is 2.68. The van der Waals surface area contributed by atoms with Gasteiger partial charge in [-0.05, 0) is 30.5 Å². The summed E-state index contributed by atoms with van der Waals surface area (Å²) in [5.41, 5.74) is 1.23. The summed E-state index contributed by atoms with van der Waals surface area (Å²) in [5, 5.41) is 1.54. The third-order valence-corrected chi connectivity index (χ3v) is 3.87. The maximum atomic E-state index is 11.9. The first-order chi connectivity index (χ1) is 8.69. The predicted octanol–water partition coefficient (Wildman–Crippen LogP) is 3.09. The van der Waals surface area contributed by atoms with E-state index in [0.717, 1.165) is 29.3 Å². The lowest BCUT2D eigenvalue weighted by Gasteiger charge is -2.15. The minimum absolute atomic E-state index is 0.171. The molecule has 0 radical (unpaired) electrons. The maximum Gasteiger partial charge on any atom is 0.316 e. The lowest BCUT2D eigenvalue weighted by Crippen LogP contribution is -2.22. The van der Waals surface area contributed by atoms with Crippen LogP contribution in [0.25, 0.3) is 10.9 Å². The van der Waals surface area contributed by atoms with Gasteiger partial charge < -0.3 is 4.74 Å². The second-order valence-electron chi connectivity index (χ2n) is 4.57. The summed E-state index contributed by atoms with van der Waals surface area (Å²) >= 11 is 6.13. The number of fused-ring (bicyclic) bond motifs is 1. The number of carbonyl (C=O) groups is 1. The van der Waals surface area contributed by atoms with E-state index in [2.05, 4.69) is 4.98 Å². The number of hydrogen-bond acceptors (Lipinski definition) is 3. The lowest BCUT2D eigenvalue weighted by molar-refractivity contribution is -0.143. The molecule has 0 unspecified atom stereocenters. The number of halogens is 1. The molecule has 0 aliphatic heterocycles. The molecule has 0 bridgehead atoms. The third-order valence-electron chi connectivity index (χ3n) is 3.56. The standard InChI is InChI=1S/C14H12ClNO2/c1-18-13(17)14(6-7-14)10-5-8-16-12-9(10)3-2-4-11(12)15/h2-5,8H,6-7H2,1H3. The number of rotatable bonds is 2. The van der Waals surface area contributed by atoms with Gasteiger partial charge in [-0.2, -0.15) is 0 Å². The summed E-state index contributed by atoms with van der Waals surface area (Å²) in [6, 6.07) is 7.52. The highest BCUT2D eigenvalue weighted by Crippen LogP contribution is 2.51. The van der Waals surface area contributed by atoms with Gasteiger partial charge in [-0.1, -0.05) is 23.7 Å². The molecular formula is C14H12ClNO2. The van der Waals surface area contributed by atoms with Crippen LogP contribution in [0.15, 0.2) is 30.5 Å². The van der Waals surface area contributed by atoms with Gasteiger partial charge in [-0.15, -0.1) is 0 Å². The van der Waals surface area contributed by atoms with E-state index in [1.807, 2.05) is 18.2 Å². The number of para-hydroxylation sites is 1. The quantitative estimate of drug-likeness (QED) is 0.780. The number of carbonyl (C=O) groups excluding carboxylic acids is 1. The van der Waals surface area contributed by atoms with Crippen LogP contribution >= 0.6 is 11.6 Å². The van der Waals surface area contributed by atoms with E-state index >= 15 is 0 Å². The Labute approximate surface area is 110 Å². The first-order valence-electron chi connectivity index (χ1n) is 5.81. The van der Waals surface area contributed by atoms with Gasteiger partial charge in [-0.25, -0.2) is 0 Å². The van der Waals surface area contributed by atoms with Gasteiger partial charge in [0.05, 0.1) is 23.1 Å². The van der Waals surface area contributed by atoms with Crippen molar-refractivity contribution in [2.45, 2.75) is 18.3 Å². The van der Waals surface area contributed by atoms with Crippen molar-refractivity contribution >= 4 is 28.5 Å². The summed E-state index contributed by atoms with van der Waals surface area (Å²) in [6.07, 6.45) is 3.35. The van der Waals surface area contributed by atoms with Gasteiger partial charge in [-0.3, -0.25) is 9.78 Å². The Morgan fingerprint density at radius 2 is 2.17 bits per heavy atom. The van der Waals surface area contributed by atoms with Gasteiger partial charge in [0.15, 0.2) is 0 Å². The first-order valence-corrected chi connectivity index (χ1v) is 6.19. The molecule has 1 heterocycles.